The fraction of sp³-hybridized carbons (Fsp3) is 0.217. The number of amides is 1. The smallest absolute Gasteiger partial charge is 0.325 e. The maximum atomic E-state index is 13.1. The molecule has 31 heavy (non-hydrogen) atoms. The Labute approximate surface area is 183 Å². The van der Waals surface area contributed by atoms with Gasteiger partial charge >= 0.3 is 5.97 Å². The zero-order chi connectivity index (χ0) is 22.1. The zero-order valence-electron chi connectivity index (χ0n) is 17.7. The summed E-state index contributed by atoms with van der Waals surface area (Å²) in [5, 5.41) is 4.36. The van der Waals surface area contributed by atoms with Crippen molar-refractivity contribution in [3.05, 3.63) is 75.8 Å². The lowest BCUT2D eigenvalue weighted by Gasteiger charge is -2.05. The highest BCUT2D eigenvalue weighted by atomic mass is 32.1. The van der Waals surface area contributed by atoms with E-state index in [-0.39, 0.29) is 6.54 Å². The molecule has 8 heteroatoms. The number of esters is 1. The highest BCUT2D eigenvalue weighted by Crippen LogP contribution is 2.24. The summed E-state index contributed by atoms with van der Waals surface area (Å²) in [5.41, 5.74) is 4.98. The molecule has 0 atom stereocenters. The van der Waals surface area contributed by atoms with Crippen LogP contribution in [0.25, 0.3) is 15.9 Å². The molecule has 0 bridgehead atoms. The number of thiazole rings is 1. The number of methoxy groups -OCH3 is 1. The summed E-state index contributed by atoms with van der Waals surface area (Å²) in [6.45, 7) is 5.82. The van der Waals surface area contributed by atoms with Crippen LogP contribution in [0.15, 0.2) is 53.7 Å². The van der Waals surface area contributed by atoms with Crippen LogP contribution in [0.5, 0.6) is 0 Å². The molecule has 0 saturated heterocycles. The number of aryl methyl sites for hydroxylation is 2. The SMILES string of the molecule is COC(=O)Cn1c(=NC(=O)c2cnn(-c3ccccc3)c2C)sc2c(C)cc(C)cc21. The van der Waals surface area contributed by atoms with Crippen LogP contribution < -0.4 is 4.80 Å². The maximum Gasteiger partial charge on any atom is 0.325 e. The standard InChI is InChI=1S/C23H22N4O3S/c1-14-10-15(2)21-19(11-14)26(13-20(28)30-4)23(31-21)25-22(29)18-12-24-27(16(18)3)17-8-6-5-7-9-17/h5-12H,13H2,1-4H3. The second-order valence-corrected chi connectivity index (χ2v) is 8.26. The van der Waals surface area contributed by atoms with Gasteiger partial charge in [0.1, 0.15) is 6.54 Å². The van der Waals surface area contributed by atoms with Crippen molar-refractivity contribution in [3.63, 3.8) is 0 Å². The Morgan fingerprint density at radius 1 is 1.13 bits per heavy atom. The van der Waals surface area contributed by atoms with Crippen LogP contribution in [-0.4, -0.2) is 33.3 Å². The molecule has 0 fully saturated rings. The van der Waals surface area contributed by atoms with E-state index in [1.165, 1.54) is 24.6 Å². The highest BCUT2D eigenvalue weighted by molar-refractivity contribution is 7.16. The summed E-state index contributed by atoms with van der Waals surface area (Å²) in [6, 6.07) is 13.7. The van der Waals surface area contributed by atoms with Crippen LogP contribution in [0.2, 0.25) is 0 Å². The van der Waals surface area contributed by atoms with E-state index in [1.54, 1.807) is 9.25 Å². The fourth-order valence-corrected chi connectivity index (χ4v) is 4.62. The molecule has 2 aromatic heterocycles. The molecule has 0 aliphatic rings. The van der Waals surface area contributed by atoms with Gasteiger partial charge in [0.25, 0.3) is 5.91 Å². The third kappa shape index (κ3) is 3.94. The summed E-state index contributed by atoms with van der Waals surface area (Å²) >= 11 is 1.38. The second-order valence-electron chi connectivity index (χ2n) is 7.28. The summed E-state index contributed by atoms with van der Waals surface area (Å²) < 4.78 is 9.29. The van der Waals surface area contributed by atoms with Crippen molar-refractivity contribution in [2.24, 2.45) is 4.99 Å². The number of ether oxygens (including phenoxy) is 1. The minimum atomic E-state index is -0.403. The van der Waals surface area contributed by atoms with Gasteiger partial charge in [0.05, 0.1) is 40.5 Å². The number of hydrogen-bond donors (Lipinski definition) is 0. The number of rotatable bonds is 4. The van der Waals surface area contributed by atoms with Gasteiger partial charge in [-0.25, -0.2) is 4.68 Å². The molecule has 4 aromatic rings. The van der Waals surface area contributed by atoms with Crippen molar-refractivity contribution in [3.8, 4) is 5.69 Å². The van der Waals surface area contributed by atoms with Crippen molar-refractivity contribution in [2.45, 2.75) is 27.3 Å². The molecule has 0 aliphatic heterocycles. The second kappa shape index (κ2) is 8.31. The van der Waals surface area contributed by atoms with Crippen molar-refractivity contribution in [2.75, 3.05) is 7.11 Å². The first-order chi connectivity index (χ1) is 14.9. The molecule has 0 aliphatic carbocycles. The number of carbonyl (C=O) groups excluding carboxylic acids is 2. The Hall–Kier alpha value is -3.52. The molecule has 2 aromatic carbocycles. The Kier molecular flexibility index (Phi) is 5.56. The van der Waals surface area contributed by atoms with Crippen molar-refractivity contribution in [1.29, 1.82) is 0 Å². The largest absolute Gasteiger partial charge is 0.468 e. The quantitative estimate of drug-likeness (QED) is 0.459. The predicted octanol–water partition coefficient (Wildman–Crippen LogP) is 3.73. The predicted molar refractivity (Wildman–Crippen MR) is 119 cm³/mol. The molecule has 0 N–H and O–H groups in total. The van der Waals surface area contributed by atoms with E-state index >= 15 is 0 Å². The number of nitrogens with zero attached hydrogens (tertiary/aromatic N) is 4. The van der Waals surface area contributed by atoms with Crippen molar-refractivity contribution < 1.29 is 14.3 Å². The van der Waals surface area contributed by atoms with E-state index in [0.717, 1.165) is 27.0 Å². The van der Waals surface area contributed by atoms with Crippen LogP contribution in [0, 0.1) is 20.8 Å². The first kappa shape index (κ1) is 20.7. The third-order valence-corrected chi connectivity index (χ3v) is 6.30. The van der Waals surface area contributed by atoms with E-state index in [1.807, 2.05) is 57.2 Å². The van der Waals surface area contributed by atoms with Crippen molar-refractivity contribution in [1.82, 2.24) is 14.3 Å². The van der Waals surface area contributed by atoms with Gasteiger partial charge in [0.2, 0.25) is 0 Å². The molecule has 2 heterocycles. The van der Waals surface area contributed by atoms with Crippen LogP contribution in [0.1, 0.15) is 27.2 Å². The molecule has 0 unspecified atom stereocenters. The van der Waals surface area contributed by atoms with Crippen LogP contribution in [0.4, 0.5) is 0 Å². The van der Waals surface area contributed by atoms with E-state index in [9.17, 15) is 9.59 Å². The lowest BCUT2D eigenvalue weighted by Crippen LogP contribution is -2.22. The molecular weight excluding hydrogens is 412 g/mol. The lowest BCUT2D eigenvalue weighted by atomic mass is 10.1. The van der Waals surface area contributed by atoms with Gasteiger partial charge in [-0.2, -0.15) is 10.1 Å². The normalized spacial score (nSPS) is 11.8. The van der Waals surface area contributed by atoms with Crippen molar-refractivity contribution >= 4 is 33.4 Å². The summed E-state index contributed by atoms with van der Waals surface area (Å²) in [4.78, 5) is 29.9. The van der Waals surface area contributed by atoms with Gasteiger partial charge in [-0.15, -0.1) is 0 Å². The first-order valence-corrected chi connectivity index (χ1v) is 10.6. The third-order valence-electron chi connectivity index (χ3n) is 5.07. The van der Waals surface area contributed by atoms with E-state index in [0.29, 0.717) is 16.1 Å². The molecule has 7 nitrogen and oxygen atoms in total. The van der Waals surface area contributed by atoms with E-state index in [4.69, 9.17) is 4.74 Å². The Morgan fingerprint density at radius 2 is 1.87 bits per heavy atom. The minimum Gasteiger partial charge on any atom is -0.468 e. The van der Waals surface area contributed by atoms with Gasteiger partial charge in [-0.1, -0.05) is 35.6 Å². The van der Waals surface area contributed by atoms with Gasteiger partial charge < -0.3 is 9.30 Å². The number of fused-ring (bicyclic) bond motifs is 1. The Balaban J connectivity index is 1.83. The lowest BCUT2D eigenvalue weighted by molar-refractivity contribution is -0.141. The van der Waals surface area contributed by atoms with Crippen LogP contribution >= 0.6 is 11.3 Å². The average Bonchev–Trinajstić information content (AvgIpc) is 3.29. The van der Waals surface area contributed by atoms with Crippen LogP contribution in [-0.2, 0) is 16.1 Å². The Morgan fingerprint density at radius 3 is 2.58 bits per heavy atom. The fourth-order valence-electron chi connectivity index (χ4n) is 3.54. The first-order valence-electron chi connectivity index (χ1n) is 9.75. The molecule has 158 valence electrons. The number of aromatic nitrogens is 3. The topological polar surface area (TPSA) is 78.5 Å². The minimum absolute atomic E-state index is 0.0201. The number of carbonyl (C=O) groups is 2. The summed E-state index contributed by atoms with van der Waals surface area (Å²) in [5.74, 6) is -0.805. The highest BCUT2D eigenvalue weighted by Gasteiger charge is 2.17. The monoisotopic (exact) mass is 434 g/mol. The van der Waals surface area contributed by atoms with E-state index in [2.05, 4.69) is 16.2 Å². The molecule has 0 spiro atoms. The summed E-state index contributed by atoms with van der Waals surface area (Å²) in [7, 11) is 1.34. The van der Waals surface area contributed by atoms with E-state index < -0.39 is 11.9 Å². The zero-order valence-corrected chi connectivity index (χ0v) is 18.6. The molecular formula is C23H22N4O3S. The van der Waals surface area contributed by atoms with Gasteiger partial charge in [0.15, 0.2) is 4.80 Å². The Bertz CT molecular complexity index is 1360. The molecule has 1 amide bonds. The van der Waals surface area contributed by atoms with Gasteiger partial charge in [-0.3, -0.25) is 9.59 Å². The van der Waals surface area contributed by atoms with Gasteiger partial charge in [0, 0.05) is 0 Å². The van der Waals surface area contributed by atoms with Crippen LogP contribution in [0.3, 0.4) is 0 Å². The number of hydrogen-bond acceptors (Lipinski definition) is 5. The maximum absolute atomic E-state index is 13.1. The summed E-state index contributed by atoms with van der Waals surface area (Å²) in [6.07, 6.45) is 1.53. The molecule has 4 rings (SSSR count). The average molecular weight is 435 g/mol. The number of para-hydroxylation sites is 1. The molecule has 0 radical (unpaired) electrons. The number of benzene rings is 2. The van der Waals surface area contributed by atoms with Gasteiger partial charge in [-0.05, 0) is 50.1 Å². The molecule has 0 saturated carbocycles.